The first-order valence-corrected chi connectivity index (χ1v) is 11.0. The number of rotatable bonds is 6. The molecule has 6 nitrogen and oxygen atoms in total. The average Bonchev–Trinajstić information content (AvgIpc) is 3.31. The number of carbonyl (C=O) groups excluding carboxylic acids is 2. The molecule has 1 aliphatic heterocycles. The Balaban J connectivity index is 1.43. The van der Waals surface area contributed by atoms with E-state index in [2.05, 4.69) is 10.3 Å². The summed E-state index contributed by atoms with van der Waals surface area (Å²) in [6, 6.07) is 15.7. The number of thiazole rings is 1. The number of aryl methyl sites for hydroxylation is 2. The predicted octanol–water partition coefficient (Wildman–Crippen LogP) is 4.42. The van der Waals surface area contributed by atoms with Crippen molar-refractivity contribution in [3.63, 3.8) is 0 Å². The minimum Gasteiger partial charge on any atom is -0.496 e. The highest BCUT2D eigenvalue weighted by Crippen LogP contribution is 2.33. The molecule has 7 heteroatoms. The number of benzene rings is 2. The standard InChI is InChI=1S/C24H25N3O3S/c1-15-11-18(9-10-20(15)30-3)22-16(2)31-24(25-22)26-23(29)19-12-21(28)27(14-19)13-17-7-5-4-6-8-17/h4-11,19H,12-14H2,1-3H3,(H,25,26,29). The van der Waals surface area contributed by atoms with E-state index in [4.69, 9.17) is 4.74 Å². The summed E-state index contributed by atoms with van der Waals surface area (Å²) in [5.41, 5.74) is 3.92. The fourth-order valence-electron chi connectivity index (χ4n) is 3.86. The first-order valence-electron chi connectivity index (χ1n) is 10.2. The van der Waals surface area contributed by atoms with Gasteiger partial charge in [-0.15, -0.1) is 11.3 Å². The molecule has 1 unspecified atom stereocenters. The van der Waals surface area contributed by atoms with Crippen LogP contribution in [0.1, 0.15) is 22.4 Å². The van der Waals surface area contributed by atoms with E-state index in [0.717, 1.165) is 33.0 Å². The van der Waals surface area contributed by atoms with E-state index in [1.807, 2.05) is 62.4 Å². The van der Waals surface area contributed by atoms with Gasteiger partial charge in [0.05, 0.1) is 18.7 Å². The van der Waals surface area contributed by atoms with Crippen LogP contribution in [0, 0.1) is 19.8 Å². The summed E-state index contributed by atoms with van der Waals surface area (Å²) in [5.74, 6) is 0.312. The first-order chi connectivity index (χ1) is 14.9. The van der Waals surface area contributed by atoms with E-state index in [0.29, 0.717) is 18.2 Å². The van der Waals surface area contributed by atoms with Crippen LogP contribution < -0.4 is 10.1 Å². The Labute approximate surface area is 185 Å². The number of hydrogen-bond donors (Lipinski definition) is 1. The van der Waals surface area contributed by atoms with Crippen molar-refractivity contribution in [2.24, 2.45) is 5.92 Å². The zero-order valence-corrected chi connectivity index (χ0v) is 18.7. The highest BCUT2D eigenvalue weighted by atomic mass is 32.1. The van der Waals surface area contributed by atoms with Gasteiger partial charge in [-0.1, -0.05) is 30.3 Å². The van der Waals surface area contributed by atoms with Crippen LogP contribution in [0.2, 0.25) is 0 Å². The number of ether oxygens (including phenoxy) is 1. The minimum absolute atomic E-state index is 0.00807. The molecule has 160 valence electrons. The Morgan fingerprint density at radius 3 is 2.71 bits per heavy atom. The van der Waals surface area contributed by atoms with Gasteiger partial charge in [0.15, 0.2) is 5.13 Å². The van der Waals surface area contributed by atoms with Crippen LogP contribution in [-0.2, 0) is 16.1 Å². The molecule has 0 saturated carbocycles. The molecule has 2 aromatic carbocycles. The molecule has 31 heavy (non-hydrogen) atoms. The summed E-state index contributed by atoms with van der Waals surface area (Å²) in [6.45, 7) is 4.93. The average molecular weight is 436 g/mol. The third-order valence-electron chi connectivity index (χ3n) is 5.50. The highest BCUT2D eigenvalue weighted by Gasteiger charge is 2.34. The first kappa shape index (κ1) is 21.1. The Kier molecular flexibility index (Phi) is 6.04. The van der Waals surface area contributed by atoms with Gasteiger partial charge in [-0.05, 0) is 43.2 Å². The number of nitrogens with one attached hydrogen (secondary N) is 1. The normalized spacial score (nSPS) is 15.9. The maximum atomic E-state index is 12.8. The van der Waals surface area contributed by atoms with Crippen molar-refractivity contribution in [3.05, 3.63) is 64.5 Å². The lowest BCUT2D eigenvalue weighted by Gasteiger charge is -2.16. The predicted molar refractivity (Wildman–Crippen MR) is 122 cm³/mol. The summed E-state index contributed by atoms with van der Waals surface area (Å²) in [4.78, 5) is 32.6. The van der Waals surface area contributed by atoms with E-state index in [1.54, 1.807) is 12.0 Å². The van der Waals surface area contributed by atoms with Crippen LogP contribution in [0.5, 0.6) is 5.75 Å². The van der Waals surface area contributed by atoms with Gasteiger partial charge in [-0.2, -0.15) is 0 Å². The van der Waals surface area contributed by atoms with Gasteiger partial charge in [0.25, 0.3) is 0 Å². The molecule has 3 aromatic rings. The molecule has 0 radical (unpaired) electrons. The largest absolute Gasteiger partial charge is 0.496 e. The number of carbonyl (C=O) groups is 2. The van der Waals surface area contributed by atoms with E-state index in [-0.39, 0.29) is 24.2 Å². The van der Waals surface area contributed by atoms with Crippen molar-refractivity contribution < 1.29 is 14.3 Å². The van der Waals surface area contributed by atoms with Crippen LogP contribution in [0.25, 0.3) is 11.3 Å². The van der Waals surface area contributed by atoms with Gasteiger partial charge < -0.3 is 15.0 Å². The summed E-state index contributed by atoms with van der Waals surface area (Å²) < 4.78 is 5.33. The van der Waals surface area contributed by atoms with Crippen molar-refractivity contribution in [3.8, 4) is 17.0 Å². The minimum atomic E-state index is -0.368. The molecule has 0 spiro atoms. The Hall–Kier alpha value is -3.19. The molecule has 1 atom stereocenters. The van der Waals surface area contributed by atoms with Crippen molar-refractivity contribution in [2.75, 3.05) is 19.0 Å². The van der Waals surface area contributed by atoms with Gasteiger partial charge in [-0.3, -0.25) is 9.59 Å². The Morgan fingerprint density at radius 1 is 1.23 bits per heavy atom. The number of amides is 2. The maximum Gasteiger partial charge on any atom is 0.231 e. The molecule has 1 N–H and O–H groups in total. The van der Waals surface area contributed by atoms with Gasteiger partial charge in [0.2, 0.25) is 11.8 Å². The smallest absolute Gasteiger partial charge is 0.231 e. The zero-order chi connectivity index (χ0) is 22.0. The summed E-state index contributed by atoms with van der Waals surface area (Å²) in [7, 11) is 1.65. The molecule has 2 amide bonds. The second-order valence-corrected chi connectivity index (χ2v) is 8.96. The van der Waals surface area contributed by atoms with E-state index >= 15 is 0 Å². The number of hydrogen-bond acceptors (Lipinski definition) is 5. The lowest BCUT2D eigenvalue weighted by molar-refractivity contribution is -0.128. The summed E-state index contributed by atoms with van der Waals surface area (Å²) >= 11 is 1.44. The van der Waals surface area contributed by atoms with Crippen molar-refractivity contribution in [1.82, 2.24) is 9.88 Å². The van der Waals surface area contributed by atoms with Crippen LogP contribution >= 0.6 is 11.3 Å². The summed E-state index contributed by atoms with van der Waals surface area (Å²) in [6.07, 6.45) is 0.230. The molecule has 0 aliphatic carbocycles. The second-order valence-electron chi connectivity index (χ2n) is 7.76. The number of methoxy groups -OCH3 is 1. The maximum absolute atomic E-state index is 12.8. The van der Waals surface area contributed by atoms with Crippen LogP contribution in [-0.4, -0.2) is 35.4 Å². The van der Waals surface area contributed by atoms with Crippen LogP contribution in [0.3, 0.4) is 0 Å². The van der Waals surface area contributed by atoms with Gasteiger partial charge in [-0.25, -0.2) is 4.98 Å². The van der Waals surface area contributed by atoms with Crippen LogP contribution in [0.15, 0.2) is 48.5 Å². The molecule has 1 saturated heterocycles. The molecular formula is C24H25N3O3S. The third-order valence-corrected chi connectivity index (χ3v) is 6.38. The molecule has 1 aliphatic rings. The van der Waals surface area contributed by atoms with E-state index in [9.17, 15) is 9.59 Å². The van der Waals surface area contributed by atoms with Crippen LogP contribution in [0.4, 0.5) is 5.13 Å². The number of likely N-dealkylation sites (tertiary alicyclic amines) is 1. The van der Waals surface area contributed by atoms with Gasteiger partial charge in [0, 0.05) is 30.0 Å². The number of anilines is 1. The fraction of sp³-hybridized carbons (Fsp3) is 0.292. The Morgan fingerprint density at radius 2 is 2.00 bits per heavy atom. The van der Waals surface area contributed by atoms with Gasteiger partial charge >= 0.3 is 0 Å². The molecule has 1 aromatic heterocycles. The lowest BCUT2D eigenvalue weighted by atomic mass is 10.1. The highest BCUT2D eigenvalue weighted by molar-refractivity contribution is 7.16. The van der Waals surface area contributed by atoms with Crippen molar-refractivity contribution in [2.45, 2.75) is 26.8 Å². The number of aromatic nitrogens is 1. The number of nitrogens with zero attached hydrogens (tertiary/aromatic N) is 2. The second kappa shape index (κ2) is 8.89. The molecule has 2 heterocycles. The topological polar surface area (TPSA) is 71.5 Å². The fourth-order valence-corrected chi connectivity index (χ4v) is 4.69. The van der Waals surface area contributed by atoms with E-state index < -0.39 is 0 Å². The SMILES string of the molecule is COc1ccc(-c2nc(NC(=O)C3CC(=O)N(Cc4ccccc4)C3)sc2C)cc1C. The molecule has 1 fully saturated rings. The lowest BCUT2D eigenvalue weighted by Crippen LogP contribution is -2.28. The van der Waals surface area contributed by atoms with Crippen molar-refractivity contribution in [1.29, 1.82) is 0 Å². The van der Waals surface area contributed by atoms with E-state index in [1.165, 1.54) is 11.3 Å². The zero-order valence-electron chi connectivity index (χ0n) is 17.8. The monoisotopic (exact) mass is 435 g/mol. The summed E-state index contributed by atoms with van der Waals surface area (Å²) in [5, 5.41) is 3.48. The third kappa shape index (κ3) is 4.61. The van der Waals surface area contributed by atoms with Gasteiger partial charge in [0.1, 0.15) is 5.75 Å². The van der Waals surface area contributed by atoms with Crippen molar-refractivity contribution >= 4 is 28.3 Å². The Bertz CT molecular complexity index is 1110. The molecule has 0 bridgehead atoms. The molecule has 4 rings (SSSR count). The quantitative estimate of drug-likeness (QED) is 0.622. The molecular weight excluding hydrogens is 410 g/mol.